The van der Waals surface area contributed by atoms with Crippen LogP contribution in [0.15, 0.2) is 60.8 Å². The first-order valence-corrected chi connectivity index (χ1v) is 9.95. The highest BCUT2D eigenvalue weighted by Crippen LogP contribution is 2.29. The highest BCUT2D eigenvalue weighted by atomic mass is 16.6. The molecule has 1 heterocycles. The third-order valence-corrected chi connectivity index (χ3v) is 4.71. The number of benzene rings is 2. The minimum atomic E-state index is -0.498. The van der Waals surface area contributed by atoms with E-state index >= 15 is 0 Å². The van der Waals surface area contributed by atoms with Crippen LogP contribution in [0.25, 0.3) is 6.08 Å². The molecule has 32 heavy (non-hydrogen) atoms. The van der Waals surface area contributed by atoms with E-state index in [0.29, 0.717) is 23.9 Å². The summed E-state index contributed by atoms with van der Waals surface area (Å²) in [7, 11) is 1.56. The van der Waals surface area contributed by atoms with E-state index < -0.39 is 4.92 Å². The smallest absolute Gasteiger partial charge is 0.342 e. The van der Waals surface area contributed by atoms with Gasteiger partial charge < -0.3 is 24.9 Å². The van der Waals surface area contributed by atoms with Gasteiger partial charge in [-0.3, -0.25) is 4.79 Å². The summed E-state index contributed by atoms with van der Waals surface area (Å²) in [5.74, 6) is 1.27. The van der Waals surface area contributed by atoms with E-state index in [0.717, 1.165) is 11.1 Å². The number of aromatic nitrogens is 2. The summed E-state index contributed by atoms with van der Waals surface area (Å²) in [4.78, 5) is 26.6. The van der Waals surface area contributed by atoms with Crippen molar-refractivity contribution in [2.75, 3.05) is 13.7 Å². The Labute approximate surface area is 185 Å². The van der Waals surface area contributed by atoms with Gasteiger partial charge in [0.15, 0.2) is 17.3 Å². The minimum absolute atomic E-state index is 0.103. The predicted molar refractivity (Wildman–Crippen MR) is 119 cm³/mol. The first-order chi connectivity index (χ1) is 15.5. The van der Waals surface area contributed by atoms with Crippen LogP contribution in [0.2, 0.25) is 0 Å². The zero-order chi connectivity index (χ0) is 22.9. The van der Waals surface area contributed by atoms with Crippen molar-refractivity contribution >= 4 is 17.8 Å². The summed E-state index contributed by atoms with van der Waals surface area (Å²) in [6.45, 7) is 2.58. The molecule has 3 aromatic rings. The number of nitrogens with zero attached hydrogens (tertiary/aromatic N) is 3. The third-order valence-electron chi connectivity index (χ3n) is 4.71. The lowest BCUT2D eigenvalue weighted by molar-refractivity contribution is -0.392. The van der Waals surface area contributed by atoms with Gasteiger partial charge in [-0.1, -0.05) is 36.4 Å². The van der Waals surface area contributed by atoms with E-state index in [4.69, 9.17) is 9.47 Å². The second-order valence-corrected chi connectivity index (χ2v) is 6.88. The van der Waals surface area contributed by atoms with Crippen molar-refractivity contribution in [3.05, 3.63) is 87.9 Å². The van der Waals surface area contributed by atoms with Gasteiger partial charge in [0.25, 0.3) is 0 Å². The van der Waals surface area contributed by atoms with Crippen molar-refractivity contribution in [1.29, 1.82) is 0 Å². The maximum absolute atomic E-state index is 12.1. The number of aryl methyl sites for hydroxylation is 1. The summed E-state index contributed by atoms with van der Waals surface area (Å²) in [6.07, 6.45) is 4.26. The molecule has 0 aliphatic rings. The highest BCUT2D eigenvalue weighted by molar-refractivity contribution is 5.91. The molecule has 0 aliphatic carbocycles. The molecule has 2 aromatic carbocycles. The molecule has 0 unspecified atom stereocenters. The fourth-order valence-electron chi connectivity index (χ4n) is 3.04. The number of hydrogen-bond donors (Lipinski definition) is 1. The maximum Gasteiger partial charge on any atom is 0.342 e. The molecule has 0 atom stereocenters. The fourth-order valence-corrected chi connectivity index (χ4v) is 3.04. The number of ether oxygens (including phenoxy) is 2. The van der Waals surface area contributed by atoms with Crippen LogP contribution in [0.1, 0.15) is 17.0 Å². The van der Waals surface area contributed by atoms with Gasteiger partial charge in [-0.2, -0.15) is 0 Å². The van der Waals surface area contributed by atoms with Crippen molar-refractivity contribution in [3.8, 4) is 11.5 Å². The highest BCUT2D eigenvalue weighted by Gasteiger charge is 2.16. The Morgan fingerprint density at radius 2 is 2.00 bits per heavy atom. The number of imidazole rings is 1. The van der Waals surface area contributed by atoms with Gasteiger partial charge in [0, 0.05) is 13.0 Å². The van der Waals surface area contributed by atoms with Crippen molar-refractivity contribution in [1.82, 2.24) is 14.9 Å². The molecular formula is C23H24N4O5. The molecule has 0 bridgehead atoms. The van der Waals surface area contributed by atoms with Crippen LogP contribution in [0.5, 0.6) is 11.5 Å². The molecule has 9 nitrogen and oxygen atoms in total. The Balaban J connectivity index is 1.54. The molecule has 3 rings (SSSR count). The van der Waals surface area contributed by atoms with Gasteiger partial charge in [0.05, 0.1) is 13.7 Å². The molecular weight excluding hydrogens is 412 g/mol. The SMILES string of the molecule is COc1cc(C=CC(=O)NCCn2c([N+](=O)[O-])cnc2C)ccc1OCc1ccccc1. The van der Waals surface area contributed by atoms with E-state index in [2.05, 4.69) is 10.3 Å². The number of nitrogens with one attached hydrogen (secondary N) is 1. The molecule has 0 saturated carbocycles. The van der Waals surface area contributed by atoms with Crippen molar-refractivity contribution < 1.29 is 19.2 Å². The average molecular weight is 436 g/mol. The summed E-state index contributed by atoms with van der Waals surface area (Å²) in [5, 5.41) is 13.7. The molecule has 1 N–H and O–H groups in total. The number of hydrogen-bond acceptors (Lipinski definition) is 6. The number of carbonyl (C=O) groups excluding carboxylic acids is 1. The van der Waals surface area contributed by atoms with Gasteiger partial charge in [-0.25, -0.2) is 9.55 Å². The van der Waals surface area contributed by atoms with E-state index in [1.807, 2.05) is 36.4 Å². The normalized spacial score (nSPS) is 10.8. The molecule has 0 saturated heterocycles. The second kappa shape index (κ2) is 10.8. The van der Waals surface area contributed by atoms with Crippen LogP contribution < -0.4 is 14.8 Å². The lowest BCUT2D eigenvalue weighted by Gasteiger charge is -2.11. The monoisotopic (exact) mass is 436 g/mol. The lowest BCUT2D eigenvalue weighted by atomic mass is 10.2. The minimum Gasteiger partial charge on any atom is -0.493 e. The number of carbonyl (C=O) groups is 1. The molecule has 0 fully saturated rings. The summed E-state index contributed by atoms with van der Waals surface area (Å²) in [6, 6.07) is 15.2. The van der Waals surface area contributed by atoms with Crippen LogP contribution >= 0.6 is 0 Å². The molecule has 1 amide bonds. The van der Waals surface area contributed by atoms with Crippen LogP contribution in [0.3, 0.4) is 0 Å². The zero-order valence-corrected chi connectivity index (χ0v) is 17.9. The van der Waals surface area contributed by atoms with E-state index in [1.54, 1.807) is 32.2 Å². The number of nitro groups is 1. The Morgan fingerprint density at radius 3 is 2.72 bits per heavy atom. The van der Waals surface area contributed by atoms with Crippen molar-refractivity contribution in [3.63, 3.8) is 0 Å². The fraction of sp³-hybridized carbons (Fsp3) is 0.217. The topological polar surface area (TPSA) is 109 Å². The first-order valence-electron chi connectivity index (χ1n) is 9.95. The molecule has 1 aromatic heterocycles. The Hall–Kier alpha value is -4.14. The molecule has 0 radical (unpaired) electrons. The molecule has 9 heteroatoms. The van der Waals surface area contributed by atoms with Gasteiger partial charge in [-0.15, -0.1) is 0 Å². The molecule has 166 valence electrons. The standard InChI is InChI=1S/C23H24N4O5/c1-17-25-15-23(27(29)30)26(17)13-12-24-22(28)11-9-18-8-10-20(21(14-18)31-2)32-16-19-6-4-3-5-7-19/h3-11,14-15H,12-13,16H2,1-2H3,(H,24,28). The average Bonchev–Trinajstić information content (AvgIpc) is 3.17. The Kier molecular flexibility index (Phi) is 7.58. The Morgan fingerprint density at radius 1 is 1.22 bits per heavy atom. The zero-order valence-electron chi connectivity index (χ0n) is 17.9. The first kappa shape index (κ1) is 22.5. The van der Waals surface area contributed by atoms with Crippen LogP contribution in [-0.4, -0.2) is 34.0 Å². The van der Waals surface area contributed by atoms with E-state index in [-0.39, 0.29) is 24.8 Å². The summed E-state index contributed by atoms with van der Waals surface area (Å²) < 4.78 is 12.7. The van der Waals surface area contributed by atoms with Gasteiger partial charge in [-0.05, 0) is 34.3 Å². The van der Waals surface area contributed by atoms with Crippen LogP contribution in [0.4, 0.5) is 5.82 Å². The second-order valence-electron chi connectivity index (χ2n) is 6.88. The number of amides is 1. The molecule has 0 spiro atoms. The summed E-state index contributed by atoms with van der Waals surface area (Å²) in [5.41, 5.74) is 1.82. The van der Waals surface area contributed by atoms with E-state index in [9.17, 15) is 14.9 Å². The van der Waals surface area contributed by atoms with E-state index in [1.165, 1.54) is 16.8 Å². The lowest BCUT2D eigenvalue weighted by Crippen LogP contribution is -2.26. The number of rotatable bonds is 10. The van der Waals surface area contributed by atoms with Gasteiger partial charge in [0.1, 0.15) is 19.3 Å². The van der Waals surface area contributed by atoms with Crippen molar-refractivity contribution in [2.24, 2.45) is 0 Å². The largest absolute Gasteiger partial charge is 0.493 e. The van der Waals surface area contributed by atoms with Gasteiger partial charge in [0.2, 0.25) is 5.91 Å². The third kappa shape index (κ3) is 5.94. The van der Waals surface area contributed by atoms with Gasteiger partial charge >= 0.3 is 5.82 Å². The van der Waals surface area contributed by atoms with Crippen molar-refractivity contribution in [2.45, 2.75) is 20.1 Å². The van der Waals surface area contributed by atoms with Crippen LogP contribution in [-0.2, 0) is 17.9 Å². The Bertz CT molecular complexity index is 1110. The quantitative estimate of drug-likeness (QED) is 0.296. The summed E-state index contributed by atoms with van der Waals surface area (Å²) >= 11 is 0. The predicted octanol–water partition coefficient (Wildman–Crippen LogP) is 3.52. The molecule has 0 aliphatic heterocycles. The maximum atomic E-state index is 12.1. The van der Waals surface area contributed by atoms with Crippen LogP contribution in [0, 0.1) is 17.0 Å². The number of methoxy groups -OCH3 is 1.